The minimum atomic E-state index is -0.288. The lowest BCUT2D eigenvalue weighted by atomic mass is 10.1. The number of rotatable bonds is 6. The number of carbonyl (C=O) groups excluding carboxylic acids is 2. The van der Waals surface area contributed by atoms with Gasteiger partial charge >= 0.3 is 0 Å². The van der Waals surface area contributed by atoms with Crippen molar-refractivity contribution in [2.75, 3.05) is 36.8 Å². The zero-order valence-corrected chi connectivity index (χ0v) is 18.0. The SMILES string of the molecule is Cc1cccc(OCCN2C(=O)COc3cc(NC(=O)c4ccc5c(c4)OCO5)ccc32)c1. The first-order chi connectivity index (χ1) is 16.1. The molecule has 2 heterocycles. The van der Waals surface area contributed by atoms with Gasteiger partial charge in [0.05, 0.1) is 12.2 Å². The summed E-state index contributed by atoms with van der Waals surface area (Å²) in [5.74, 6) is 2.01. The van der Waals surface area contributed by atoms with Crippen molar-refractivity contribution in [3.8, 4) is 23.0 Å². The molecule has 33 heavy (non-hydrogen) atoms. The Labute approximate surface area is 190 Å². The van der Waals surface area contributed by atoms with E-state index in [1.807, 2.05) is 31.2 Å². The fraction of sp³-hybridized carbons (Fsp3) is 0.200. The molecule has 8 nitrogen and oxygen atoms in total. The summed E-state index contributed by atoms with van der Waals surface area (Å²) in [7, 11) is 0. The highest BCUT2D eigenvalue weighted by molar-refractivity contribution is 6.05. The van der Waals surface area contributed by atoms with Gasteiger partial charge in [-0.3, -0.25) is 9.59 Å². The Kier molecular flexibility index (Phi) is 5.48. The zero-order valence-electron chi connectivity index (χ0n) is 18.0. The van der Waals surface area contributed by atoms with E-state index in [0.29, 0.717) is 47.3 Å². The Morgan fingerprint density at radius 3 is 2.76 bits per heavy atom. The molecule has 2 aliphatic heterocycles. The summed E-state index contributed by atoms with van der Waals surface area (Å²) in [6, 6.07) is 18.0. The van der Waals surface area contributed by atoms with Gasteiger partial charge in [-0.05, 0) is 55.0 Å². The number of nitrogens with one attached hydrogen (secondary N) is 1. The molecule has 2 amide bonds. The van der Waals surface area contributed by atoms with E-state index < -0.39 is 0 Å². The van der Waals surface area contributed by atoms with Gasteiger partial charge in [0.2, 0.25) is 6.79 Å². The molecule has 0 saturated carbocycles. The smallest absolute Gasteiger partial charge is 0.265 e. The summed E-state index contributed by atoms with van der Waals surface area (Å²) in [6.45, 7) is 2.80. The van der Waals surface area contributed by atoms with Crippen LogP contribution in [0.2, 0.25) is 0 Å². The van der Waals surface area contributed by atoms with Crippen molar-refractivity contribution in [3.63, 3.8) is 0 Å². The van der Waals surface area contributed by atoms with E-state index in [4.69, 9.17) is 18.9 Å². The van der Waals surface area contributed by atoms with Crippen molar-refractivity contribution in [2.45, 2.75) is 6.92 Å². The molecule has 2 aliphatic rings. The highest BCUT2D eigenvalue weighted by Gasteiger charge is 2.26. The number of hydrogen-bond acceptors (Lipinski definition) is 6. The monoisotopic (exact) mass is 446 g/mol. The molecule has 168 valence electrons. The second-order valence-corrected chi connectivity index (χ2v) is 7.70. The third-order valence-electron chi connectivity index (χ3n) is 5.37. The summed E-state index contributed by atoms with van der Waals surface area (Å²) in [4.78, 5) is 26.8. The van der Waals surface area contributed by atoms with Gasteiger partial charge < -0.3 is 29.2 Å². The van der Waals surface area contributed by atoms with E-state index in [1.54, 1.807) is 41.3 Å². The minimum Gasteiger partial charge on any atom is -0.492 e. The van der Waals surface area contributed by atoms with Gasteiger partial charge in [-0.25, -0.2) is 0 Å². The fourth-order valence-electron chi connectivity index (χ4n) is 3.73. The number of nitrogens with zero attached hydrogens (tertiary/aromatic N) is 1. The normalized spacial score (nSPS) is 13.8. The standard InChI is InChI=1S/C25H22N2O6/c1-16-3-2-4-19(11-16)30-10-9-27-20-7-6-18(13-22(20)31-14-24(27)28)26-25(29)17-5-8-21-23(12-17)33-15-32-21/h2-8,11-13H,9-10,14-15H2,1H3,(H,26,29). The highest BCUT2D eigenvalue weighted by atomic mass is 16.7. The molecule has 0 aromatic heterocycles. The van der Waals surface area contributed by atoms with Crippen molar-refractivity contribution < 1.29 is 28.5 Å². The van der Waals surface area contributed by atoms with Gasteiger partial charge in [0.25, 0.3) is 11.8 Å². The second kappa shape index (κ2) is 8.74. The average molecular weight is 446 g/mol. The molecule has 0 unspecified atom stereocenters. The lowest BCUT2D eigenvalue weighted by Crippen LogP contribution is -2.41. The van der Waals surface area contributed by atoms with Gasteiger partial charge in [0.1, 0.15) is 18.1 Å². The van der Waals surface area contributed by atoms with Gasteiger partial charge in [-0.2, -0.15) is 0 Å². The average Bonchev–Trinajstić information content (AvgIpc) is 3.28. The van der Waals surface area contributed by atoms with E-state index in [1.165, 1.54) is 0 Å². The lowest BCUT2D eigenvalue weighted by Gasteiger charge is -2.29. The summed E-state index contributed by atoms with van der Waals surface area (Å²) in [6.07, 6.45) is 0. The molecule has 0 atom stereocenters. The van der Waals surface area contributed by atoms with Crippen molar-refractivity contribution in [1.29, 1.82) is 0 Å². The number of amides is 2. The molecule has 0 aliphatic carbocycles. The Balaban J connectivity index is 1.26. The maximum absolute atomic E-state index is 12.7. The zero-order chi connectivity index (χ0) is 22.8. The molecule has 0 bridgehead atoms. The maximum Gasteiger partial charge on any atom is 0.265 e. The molecule has 3 aromatic rings. The Morgan fingerprint density at radius 1 is 1.00 bits per heavy atom. The summed E-state index contributed by atoms with van der Waals surface area (Å²) in [5.41, 5.74) is 2.75. The Morgan fingerprint density at radius 2 is 1.88 bits per heavy atom. The first-order valence-corrected chi connectivity index (χ1v) is 10.5. The second-order valence-electron chi connectivity index (χ2n) is 7.70. The van der Waals surface area contributed by atoms with Crippen LogP contribution >= 0.6 is 0 Å². The van der Waals surface area contributed by atoms with Crippen LogP contribution in [0.3, 0.4) is 0 Å². The van der Waals surface area contributed by atoms with E-state index in [2.05, 4.69) is 5.32 Å². The van der Waals surface area contributed by atoms with Crippen molar-refractivity contribution in [3.05, 3.63) is 71.8 Å². The van der Waals surface area contributed by atoms with Crippen LogP contribution in [0.5, 0.6) is 23.0 Å². The van der Waals surface area contributed by atoms with Crippen LogP contribution in [0.4, 0.5) is 11.4 Å². The van der Waals surface area contributed by atoms with E-state index in [9.17, 15) is 9.59 Å². The summed E-state index contributed by atoms with van der Waals surface area (Å²) >= 11 is 0. The maximum atomic E-state index is 12.7. The largest absolute Gasteiger partial charge is 0.492 e. The third kappa shape index (κ3) is 4.41. The number of hydrogen-bond donors (Lipinski definition) is 1. The minimum absolute atomic E-state index is 0.0724. The Hall–Kier alpha value is -4.20. The van der Waals surface area contributed by atoms with E-state index in [0.717, 1.165) is 11.3 Å². The molecular formula is C25H22N2O6. The molecule has 8 heteroatoms. The molecular weight excluding hydrogens is 424 g/mol. The lowest BCUT2D eigenvalue weighted by molar-refractivity contribution is -0.121. The Bertz CT molecular complexity index is 1230. The van der Waals surface area contributed by atoms with Crippen LogP contribution in [-0.2, 0) is 4.79 Å². The first kappa shape index (κ1) is 20.7. The van der Waals surface area contributed by atoms with Crippen molar-refractivity contribution in [1.82, 2.24) is 0 Å². The number of fused-ring (bicyclic) bond motifs is 2. The molecule has 0 spiro atoms. The summed E-state index contributed by atoms with van der Waals surface area (Å²) in [5, 5.41) is 2.85. The van der Waals surface area contributed by atoms with Crippen LogP contribution in [-0.4, -0.2) is 38.4 Å². The van der Waals surface area contributed by atoms with E-state index in [-0.39, 0.29) is 25.2 Å². The number of carbonyl (C=O) groups is 2. The van der Waals surface area contributed by atoms with Crippen LogP contribution in [0.1, 0.15) is 15.9 Å². The molecule has 0 saturated heterocycles. The van der Waals surface area contributed by atoms with Gasteiger partial charge in [-0.15, -0.1) is 0 Å². The van der Waals surface area contributed by atoms with Gasteiger partial charge in [0.15, 0.2) is 18.1 Å². The number of benzene rings is 3. The van der Waals surface area contributed by atoms with Gasteiger partial charge in [0, 0.05) is 17.3 Å². The summed E-state index contributed by atoms with van der Waals surface area (Å²) < 4.78 is 22.0. The number of aryl methyl sites for hydroxylation is 1. The molecule has 1 N–H and O–H groups in total. The first-order valence-electron chi connectivity index (χ1n) is 10.5. The van der Waals surface area contributed by atoms with Crippen molar-refractivity contribution >= 4 is 23.2 Å². The topological polar surface area (TPSA) is 86.3 Å². The third-order valence-corrected chi connectivity index (χ3v) is 5.37. The van der Waals surface area contributed by atoms with E-state index >= 15 is 0 Å². The molecule has 3 aromatic carbocycles. The van der Waals surface area contributed by atoms with Crippen LogP contribution in [0.15, 0.2) is 60.7 Å². The molecule has 5 rings (SSSR count). The van der Waals surface area contributed by atoms with Crippen molar-refractivity contribution in [2.24, 2.45) is 0 Å². The number of ether oxygens (including phenoxy) is 4. The van der Waals surface area contributed by atoms with Crippen LogP contribution in [0.25, 0.3) is 0 Å². The number of anilines is 2. The predicted octanol–water partition coefficient (Wildman–Crippen LogP) is 3.78. The quantitative estimate of drug-likeness (QED) is 0.620. The highest BCUT2D eigenvalue weighted by Crippen LogP contribution is 2.35. The van der Waals surface area contributed by atoms with Crippen LogP contribution < -0.4 is 29.2 Å². The van der Waals surface area contributed by atoms with Crippen LogP contribution in [0, 0.1) is 6.92 Å². The molecule has 0 fully saturated rings. The molecule has 0 radical (unpaired) electrons. The predicted molar refractivity (Wildman–Crippen MR) is 121 cm³/mol. The fourth-order valence-corrected chi connectivity index (χ4v) is 3.73. The van der Waals surface area contributed by atoms with Gasteiger partial charge in [-0.1, -0.05) is 12.1 Å².